The normalized spacial score (nSPS) is 11.9. The lowest BCUT2D eigenvalue weighted by molar-refractivity contribution is 0.0941. The van der Waals surface area contributed by atoms with Crippen LogP contribution < -0.4 is 5.32 Å². The molecule has 0 aliphatic heterocycles. The minimum absolute atomic E-state index is 0.0936. The molecule has 0 bridgehead atoms. The van der Waals surface area contributed by atoms with E-state index >= 15 is 0 Å². The van der Waals surface area contributed by atoms with Crippen molar-refractivity contribution in [3.63, 3.8) is 0 Å². The van der Waals surface area contributed by atoms with Crippen LogP contribution in [0.2, 0.25) is 0 Å². The van der Waals surface area contributed by atoms with Gasteiger partial charge in [-0.1, -0.05) is 54.6 Å². The summed E-state index contributed by atoms with van der Waals surface area (Å²) in [5.41, 5.74) is 3.87. The first-order valence-corrected chi connectivity index (χ1v) is 8.89. The second-order valence-electron chi connectivity index (χ2n) is 6.39. The molecule has 0 saturated heterocycles. The molecule has 1 amide bonds. The molecule has 132 valence electrons. The fraction of sp³-hybridized carbons (Fsp3) is 0.0870. The van der Waals surface area contributed by atoms with E-state index in [1.165, 1.54) is 0 Å². The van der Waals surface area contributed by atoms with Crippen molar-refractivity contribution in [3.05, 3.63) is 96.2 Å². The second kappa shape index (κ2) is 7.38. The van der Waals surface area contributed by atoms with E-state index < -0.39 is 0 Å². The van der Waals surface area contributed by atoms with E-state index in [9.17, 15) is 4.79 Å². The summed E-state index contributed by atoms with van der Waals surface area (Å²) in [7, 11) is 0. The van der Waals surface area contributed by atoms with Crippen molar-refractivity contribution in [3.8, 4) is 11.4 Å². The van der Waals surface area contributed by atoms with Gasteiger partial charge < -0.3 is 5.32 Å². The Morgan fingerprint density at radius 1 is 0.889 bits per heavy atom. The minimum Gasteiger partial charge on any atom is -0.345 e. The van der Waals surface area contributed by atoms with Gasteiger partial charge in [-0.2, -0.15) is 0 Å². The second-order valence-corrected chi connectivity index (χ2v) is 6.39. The van der Waals surface area contributed by atoms with Gasteiger partial charge in [0.2, 0.25) is 0 Å². The van der Waals surface area contributed by atoms with Crippen LogP contribution in [0.3, 0.4) is 0 Å². The predicted molar refractivity (Wildman–Crippen MR) is 107 cm³/mol. The summed E-state index contributed by atoms with van der Waals surface area (Å²) >= 11 is 0. The van der Waals surface area contributed by atoms with Gasteiger partial charge >= 0.3 is 0 Å². The molecule has 1 N–H and O–H groups in total. The zero-order chi connectivity index (χ0) is 18.6. The van der Waals surface area contributed by atoms with Crippen molar-refractivity contribution < 1.29 is 4.79 Å². The molecule has 2 aromatic heterocycles. The molecule has 2 heterocycles. The average Bonchev–Trinajstić information content (AvgIpc) is 2.74. The number of hydrogen-bond acceptors (Lipinski definition) is 3. The Balaban J connectivity index is 1.74. The number of nitrogens with one attached hydrogen (secondary N) is 1. The third-order valence-electron chi connectivity index (χ3n) is 4.54. The van der Waals surface area contributed by atoms with Crippen LogP contribution in [0.1, 0.15) is 28.9 Å². The van der Waals surface area contributed by atoms with Crippen molar-refractivity contribution in [2.45, 2.75) is 13.0 Å². The summed E-state index contributed by atoms with van der Waals surface area (Å²) in [6.07, 6.45) is 1.73. The van der Waals surface area contributed by atoms with E-state index in [1.54, 1.807) is 6.20 Å². The lowest BCUT2D eigenvalue weighted by Crippen LogP contribution is -2.27. The number of aromatic nitrogens is 2. The molecule has 0 unspecified atom stereocenters. The number of benzene rings is 2. The van der Waals surface area contributed by atoms with Crippen molar-refractivity contribution >= 4 is 16.8 Å². The standard InChI is InChI=1S/C23H19N3O/c1-16(17-9-3-2-4-10-17)25-23(27)19-15-22(21-13-7-8-14-24-21)26-20-12-6-5-11-18(19)20/h2-16H,1H3,(H,25,27)/t16-/m1/s1. The zero-order valence-corrected chi connectivity index (χ0v) is 15.0. The Morgan fingerprint density at radius 3 is 2.41 bits per heavy atom. The first-order chi connectivity index (χ1) is 13.2. The van der Waals surface area contributed by atoms with Crippen LogP contribution in [0.4, 0.5) is 0 Å². The number of nitrogens with zero attached hydrogens (tertiary/aromatic N) is 2. The van der Waals surface area contributed by atoms with Crippen LogP contribution in [-0.4, -0.2) is 15.9 Å². The van der Waals surface area contributed by atoms with E-state index in [-0.39, 0.29) is 11.9 Å². The summed E-state index contributed by atoms with van der Waals surface area (Å²) in [4.78, 5) is 22.1. The molecule has 4 aromatic rings. The number of hydrogen-bond donors (Lipinski definition) is 1. The Kier molecular flexibility index (Phi) is 4.62. The number of para-hydroxylation sites is 1. The summed E-state index contributed by atoms with van der Waals surface area (Å²) in [6, 6.07) is 25.0. The van der Waals surface area contributed by atoms with Crippen LogP contribution in [0.25, 0.3) is 22.3 Å². The van der Waals surface area contributed by atoms with Gasteiger partial charge in [-0.05, 0) is 36.8 Å². The monoisotopic (exact) mass is 353 g/mol. The van der Waals surface area contributed by atoms with Gasteiger partial charge in [0.1, 0.15) is 0 Å². The Hall–Kier alpha value is -3.53. The SMILES string of the molecule is C[C@@H](NC(=O)c1cc(-c2ccccn2)nc2ccccc12)c1ccccc1. The molecular formula is C23H19N3O. The average molecular weight is 353 g/mol. The summed E-state index contributed by atoms with van der Waals surface area (Å²) in [6.45, 7) is 1.98. The first kappa shape index (κ1) is 16.9. The van der Waals surface area contributed by atoms with Gasteiger partial charge in [-0.15, -0.1) is 0 Å². The number of amides is 1. The van der Waals surface area contributed by atoms with Crippen LogP contribution in [0, 0.1) is 0 Å². The quantitative estimate of drug-likeness (QED) is 0.574. The molecule has 27 heavy (non-hydrogen) atoms. The van der Waals surface area contributed by atoms with Crippen molar-refractivity contribution in [2.24, 2.45) is 0 Å². The lowest BCUT2D eigenvalue weighted by Gasteiger charge is -2.16. The zero-order valence-electron chi connectivity index (χ0n) is 15.0. The summed E-state index contributed by atoms with van der Waals surface area (Å²) in [5, 5.41) is 3.92. The van der Waals surface area contributed by atoms with Gasteiger partial charge in [0, 0.05) is 11.6 Å². The number of rotatable bonds is 4. The molecular weight excluding hydrogens is 334 g/mol. The van der Waals surface area contributed by atoms with Gasteiger partial charge in [-0.3, -0.25) is 9.78 Å². The fourth-order valence-electron chi connectivity index (χ4n) is 3.11. The third-order valence-corrected chi connectivity index (χ3v) is 4.54. The highest BCUT2D eigenvalue weighted by Crippen LogP contribution is 2.24. The lowest BCUT2D eigenvalue weighted by atomic mass is 10.0. The van der Waals surface area contributed by atoms with E-state index in [1.807, 2.05) is 85.8 Å². The van der Waals surface area contributed by atoms with Crippen LogP contribution >= 0.6 is 0 Å². The topological polar surface area (TPSA) is 54.9 Å². The van der Waals surface area contributed by atoms with Crippen molar-refractivity contribution in [2.75, 3.05) is 0 Å². The number of fused-ring (bicyclic) bond motifs is 1. The number of carbonyl (C=O) groups excluding carboxylic acids is 1. The van der Waals surface area contributed by atoms with E-state index in [2.05, 4.69) is 15.3 Å². The largest absolute Gasteiger partial charge is 0.345 e. The molecule has 4 nitrogen and oxygen atoms in total. The highest BCUT2D eigenvalue weighted by atomic mass is 16.1. The number of pyridine rings is 2. The van der Waals surface area contributed by atoms with Gasteiger partial charge in [-0.25, -0.2) is 4.98 Å². The minimum atomic E-state index is -0.123. The number of carbonyl (C=O) groups is 1. The Morgan fingerprint density at radius 2 is 1.63 bits per heavy atom. The molecule has 0 saturated carbocycles. The van der Waals surface area contributed by atoms with Crippen LogP contribution in [-0.2, 0) is 0 Å². The third kappa shape index (κ3) is 3.55. The molecule has 1 atom stereocenters. The van der Waals surface area contributed by atoms with E-state index in [4.69, 9.17) is 0 Å². The van der Waals surface area contributed by atoms with E-state index in [0.29, 0.717) is 11.3 Å². The summed E-state index contributed by atoms with van der Waals surface area (Å²) < 4.78 is 0. The maximum absolute atomic E-state index is 13.1. The van der Waals surface area contributed by atoms with Crippen molar-refractivity contribution in [1.82, 2.24) is 15.3 Å². The van der Waals surface area contributed by atoms with Crippen LogP contribution in [0.5, 0.6) is 0 Å². The van der Waals surface area contributed by atoms with E-state index in [0.717, 1.165) is 22.2 Å². The highest BCUT2D eigenvalue weighted by Gasteiger charge is 2.16. The molecule has 0 aliphatic rings. The predicted octanol–water partition coefficient (Wildman–Crippen LogP) is 4.79. The molecule has 0 fully saturated rings. The van der Waals surface area contributed by atoms with Crippen LogP contribution in [0.15, 0.2) is 85.1 Å². The summed E-state index contributed by atoms with van der Waals surface area (Å²) in [5.74, 6) is -0.123. The molecule has 4 heteroatoms. The first-order valence-electron chi connectivity index (χ1n) is 8.89. The molecule has 0 spiro atoms. The maximum Gasteiger partial charge on any atom is 0.252 e. The molecule has 0 aliphatic carbocycles. The van der Waals surface area contributed by atoms with Crippen molar-refractivity contribution in [1.29, 1.82) is 0 Å². The van der Waals surface area contributed by atoms with Gasteiger partial charge in [0.15, 0.2) is 0 Å². The molecule has 0 radical (unpaired) electrons. The Labute approximate surface area is 157 Å². The molecule has 2 aromatic carbocycles. The molecule has 4 rings (SSSR count). The van der Waals surface area contributed by atoms with Gasteiger partial charge in [0.05, 0.1) is 28.5 Å². The smallest absolute Gasteiger partial charge is 0.252 e. The Bertz CT molecular complexity index is 1080. The highest BCUT2D eigenvalue weighted by molar-refractivity contribution is 6.07. The van der Waals surface area contributed by atoms with Gasteiger partial charge in [0.25, 0.3) is 5.91 Å². The maximum atomic E-state index is 13.1. The fourth-order valence-corrected chi connectivity index (χ4v) is 3.11.